The zero-order chi connectivity index (χ0) is 17.7. The Labute approximate surface area is 144 Å². The Morgan fingerprint density at radius 2 is 1.96 bits per heavy atom. The molecule has 0 saturated carbocycles. The maximum Gasteiger partial charge on any atom is 0.312 e. The van der Waals surface area contributed by atoms with E-state index in [1.807, 2.05) is 30.3 Å². The van der Waals surface area contributed by atoms with Crippen molar-refractivity contribution in [3.05, 3.63) is 69.2 Å². The van der Waals surface area contributed by atoms with Gasteiger partial charge in [0.05, 0.1) is 4.92 Å². The first-order valence-electron chi connectivity index (χ1n) is 7.28. The molecule has 0 spiro atoms. The Morgan fingerprint density at radius 1 is 1.29 bits per heavy atom. The Bertz CT molecular complexity index is 737. The molecule has 0 aliphatic rings. The number of likely N-dealkylation sites (N-methyl/N-ethyl adjacent to an activating group) is 1. The van der Waals surface area contributed by atoms with E-state index in [4.69, 9.17) is 16.3 Å². The van der Waals surface area contributed by atoms with E-state index in [0.717, 1.165) is 5.56 Å². The van der Waals surface area contributed by atoms with Crippen LogP contribution in [0.15, 0.2) is 48.5 Å². The molecule has 126 valence electrons. The predicted molar refractivity (Wildman–Crippen MR) is 91.1 cm³/mol. The second-order valence-electron chi connectivity index (χ2n) is 5.31. The largest absolute Gasteiger partial charge is 0.474 e. The van der Waals surface area contributed by atoms with Crippen LogP contribution in [0.2, 0.25) is 5.02 Å². The highest BCUT2D eigenvalue weighted by Crippen LogP contribution is 2.30. The number of nitrogens with zero attached hydrogens (tertiary/aromatic N) is 2. The van der Waals surface area contributed by atoms with Gasteiger partial charge in [-0.1, -0.05) is 41.9 Å². The summed E-state index contributed by atoms with van der Waals surface area (Å²) < 4.78 is 5.49. The Hall–Kier alpha value is -2.60. The number of halogens is 1. The highest BCUT2D eigenvalue weighted by Gasteiger charge is 2.23. The smallest absolute Gasteiger partial charge is 0.312 e. The van der Waals surface area contributed by atoms with Crippen molar-refractivity contribution in [3.63, 3.8) is 0 Å². The lowest BCUT2D eigenvalue weighted by atomic mass is 10.2. The molecule has 0 bridgehead atoms. The van der Waals surface area contributed by atoms with Crippen LogP contribution < -0.4 is 4.74 Å². The summed E-state index contributed by atoms with van der Waals surface area (Å²) in [6.45, 7) is 1.98. The Morgan fingerprint density at radius 3 is 2.58 bits per heavy atom. The fraction of sp³-hybridized carbons (Fsp3) is 0.235. The molecule has 2 rings (SSSR count). The molecule has 7 heteroatoms. The second-order valence-corrected chi connectivity index (χ2v) is 5.75. The molecule has 0 radical (unpaired) electrons. The minimum atomic E-state index is -0.862. The number of amides is 1. The monoisotopic (exact) mass is 348 g/mol. The quantitative estimate of drug-likeness (QED) is 0.589. The van der Waals surface area contributed by atoms with E-state index in [2.05, 4.69) is 0 Å². The van der Waals surface area contributed by atoms with Gasteiger partial charge in [-0.2, -0.15) is 0 Å². The lowest BCUT2D eigenvalue weighted by molar-refractivity contribution is -0.386. The molecule has 0 N–H and O–H groups in total. The van der Waals surface area contributed by atoms with Crippen LogP contribution in [0.1, 0.15) is 12.5 Å². The molecular formula is C17H17ClN2O4. The molecule has 0 aliphatic carbocycles. The zero-order valence-electron chi connectivity index (χ0n) is 13.3. The van der Waals surface area contributed by atoms with Gasteiger partial charge in [-0.3, -0.25) is 14.9 Å². The summed E-state index contributed by atoms with van der Waals surface area (Å²) in [4.78, 5) is 24.4. The minimum Gasteiger partial charge on any atom is -0.474 e. The van der Waals surface area contributed by atoms with Gasteiger partial charge in [-0.05, 0) is 24.6 Å². The topological polar surface area (TPSA) is 72.7 Å². The average molecular weight is 349 g/mol. The number of nitro groups is 1. The maximum absolute atomic E-state index is 12.4. The van der Waals surface area contributed by atoms with Gasteiger partial charge in [0, 0.05) is 24.7 Å². The van der Waals surface area contributed by atoms with Gasteiger partial charge < -0.3 is 9.64 Å². The van der Waals surface area contributed by atoms with E-state index < -0.39 is 11.0 Å². The highest BCUT2D eigenvalue weighted by molar-refractivity contribution is 6.30. The molecule has 1 atom stereocenters. The van der Waals surface area contributed by atoms with Crippen LogP contribution >= 0.6 is 11.6 Å². The van der Waals surface area contributed by atoms with Crippen LogP contribution in [-0.2, 0) is 11.3 Å². The van der Waals surface area contributed by atoms with E-state index in [1.165, 1.54) is 23.1 Å². The number of carbonyl (C=O) groups is 1. The van der Waals surface area contributed by atoms with Crippen molar-refractivity contribution in [2.24, 2.45) is 0 Å². The lowest BCUT2D eigenvalue weighted by Gasteiger charge is -2.22. The van der Waals surface area contributed by atoms with Crippen molar-refractivity contribution in [1.29, 1.82) is 0 Å². The normalized spacial score (nSPS) is 11.6. The number of hydrogen-bond acceptors (Lipinski definition) is 4. The van der Waals surface area contributed by atoms with Crippen molar-refractivity contribution in [3.8, 4) is 5.75 Å². The number of ether oxygens (including phenoxy) is 1. The molecule has 0 fully saturated rings. The SMILES string of the molecule is C[C@H](Oc1ccc(Cl)cc1[N+](=O)[O-])C(=O)N(C)Cc1ccccc1. The van der Waals surface area contributed by atoms with Crippen molar-refractivity contribution in [1.82, 2.24) is 4.90 Å². The summed E-state index contributed by atoms with van der Waals surface area (Å²) in [7, 11) is 1.66. The third kappa shape index (κ3) is 4.45. The van der Waals surface area contributed by atoms with E-state index in [-0.39, 0.29) is 22.4 Å². The fourth-order valence-corrected chi connectivity index (χ4v) is 2.39. The Kier molecular flexibility index (Phi) is 5.76. The first kappa shape index (κ1) is 17.7. The van der Waals surface area contributed by atoms with Crippen molar-refractivity contribution >= 4 is 23.2 Å². The number of hydrogen-bond donors (Lipinski definition) is 0. The first-order valence-corrected chi connectivity index (χ1v) is 7.65. The minimum absolute atomic E-state index is 0.0124. The summed E-state index contributed by atoms with van der Waals surface area (Å²) in [5, 5.41) is 11.3. The summed E-state index contributed by atoms with van der Waals surface area (Å²) in [6.07, 6.45) is -0.862. The summed E-state index contributed by atoms with van der Waals surface area (Å²) in [5.74, 6) is -0.263. The van der Waals surface area contributed by atoms with Gasteiger partial charge in [-0.25, -0.2) is 0 Å². The molecule has 2 aromatic rings. The molecule has 1 amide bonds. The third-order valence-electron chi connectivity index (χ3n) is 3.41. The van der Waals surface area contributed by atoms with Gasteiger partial charge in [0.2, 0.25) is 0 Å². The second kappa shape index (κ2) is 7.79. The van der Waals surface area contributed by atoms with E-state index in [0.29, 0.717) is 6.54 Å². The van der Waals surface area contributed by atoms with Gasteiger partial charge in [0.25, 0.3) is 5.91 Å². The summed E-state index contributed by atoms with van der Waals surface area (Å²) in [5.41, 5.74) is 0.714. The number of carbonyl (C=O) groups excluding carboxylic acids is 1. The van der Waals surface area contributed by atoms with Crippen LogP contribution in [0.5, 0.6) is 5.75 Å². The predicted octanol–water partition coefficient (Wildman–Crippen LogP) is 3.67. The van der Waals surface area contributed by atoms with E-state index in [1.54, 1.807) is 14.0 Å². The first-order chi connectivity index (χ1) is 11.4. The molecule has 2 aromatic carbocycles. The third-order valence-corrected chi connectivity index (χ3v) is 3.64. The average Bonchev–Trinajstić information content (AvgIpc) is 2.56. The van der Waals surface area contributed by atoms with Crippen molar-refractivity contribution in [2.75, 3.05) is 7.05 Å². The van der Waals surface area contributed by atoms with Crippen molar-refractivity contribution < 1.29 is 14.5 Å². The van der Waals surface area contributed by atoms with Gasteiger partial charge >= 0.3 is 5.69 Å². The van der Waals surface area contributed by atoms with E-state index >= 15 is 0 Å². The number of nitro benzene ring substituents is 1. The Balaban J connectivity index is 2.07. The molecule has 6 nitrogen and oxygen atoms in total. The zero-order valence-corrected chi connectivity index (χ0v) is 14.1. The van der Waals surface area contributed by atoms with Crippen LogP contribution in [0.25, 0.3) is 0 Å². The summed E-state index contributed by atoms with van der Waals surface area (Å²) >= 11 is 5.77. The molecule has 0 heterocycles. The van der Waals surface area contributed by atoms with Crippen LogP contribution in [0, 0.1) is 10.1 Å². The molecule has 0 saturated heterocycles. The van der Waals surface area contributed by atoms with Gasteiger partial charge in [0.1, 0.15) is 0 Å². The highest BCUT2D eigenvalue weighted by atomic mass is 35.5. The molecule has 0 aromatic heterocycles. The molecular weight excluding hydrogens is 332 g/mol. The maximum atomic E-state index is 12.4. The van der Waals surface area contributed by atoms with E-state index in [9.17, 15) is 14.9 Å². The molecule has 24 heavy (non-hydrogen) atoms. The standard InChI is InChI=1S/C17H17ClN2O4/c1-12(17(21)19(2)11-13-6-4-3-5-7-13)24-16-9-8-14(18)10-15(16)20(22)23/h3-10,12H,11H2,1-2H3/t12-/m0/s1. The van der Waals surface area contributed by atoms with Crippen LogP contribution in [0.3, 0.4) is 0 Å². The number of rotatable bonds is 6. The van der Waals surface area contributed by atoms with Crippen LogP contribution in [-0.4, -0.2) is 28.9 Å². The summed E-state index contributed by atoms with van der Waals surface area (Å²) in [6, 6.07) is 13.6. The lowest BCUT2D eigenvalue weighted by Crippen LogP contribution is -2.37. The van der Waals surface area contributed by atoms with Crippen molar-refractivity contribution in [2.45, 2.75) is 19.6 Å². The van der Waals surface area contributed by atoms with Gasteiger partial charge in [0.15, 0.2) is 11.9 Å². The number of benzene rings is 2. The van der Waals surface area contributed by atoms with Gasteiger partial charge in [-0.15, -0.1) is 0 Å². The molecule has 0 aliphatic heterocycles. The molecule has 0 unspecified atom stereocenters. The fourth-order valence-electron chi connectivity index (χ4n) is 2.22. The van der Waals surface area contributed by atoms with Crippen LogP contribution in [0.4, 0.5) is 5.69 Å².